The molecule has 0 aliphatic rings. The van der Waals surface area contributed by atoms with E-state index >= 15 is 0 Å². The van der Waals surface area contributed by atoms with E-state index in [1.54, 1.807) is 0 Å². The Morgan fingerprint density at radius 2 is 1.76 bits per heavy atom. The van der Waals surface area contributed by atoms with Gasteiger partial charge < -0.3 is 5.32 Å². The van der Waals surface area contributed by atoms with Crippen molar-refractivity contribution in [1.29, 1.82) is 0 Å². The molecule has 1 nitrogen and oxygen atoms in total. The summed E-state index contributed by atoms with van der Waals surface area (Å²) in [6, 6.07) is 10.9. The van der Waals surface area contributed by atoms with Crippen molar-refractivity contribution >= 4 is 11.6 Å². The Hall–Kier alpha value is -1.38. The summed E-state index contributed by atoms with van der Waals surface area (Å²) < 4.78 is 13.2. The molecule has 0 aliphatic carbocycles. The van der Waals surface area contributed by atoms with E-state index in [9.17, 15) is 4.39 Å². The smallest absolute Gasteiger partial charge is 0.123 e. The first kappa shape index (κ1) is 16.0. The summed E-state index contributed by atoms with van der Waals surface area (Å²) >= 11 is 6.19. The maximum Gasteiger partial charge on any atom is 0.123 e. The second-order valence-electron chi connectivity index (χ2n) is 5.40. The molecule has 0 aliphatic heterocycles. The lowest BCUT2D eigenvalue weighted by molar-refractivity contribution is 0.591. The van der Waals surface area contributed by atoms with Gasteiger partial charge in [0.15, 0.2) is 0 Å². The first-order valence-electron chi connectivity index (χ1n) is 7.28. The van der Waals surface area contributed by atoms with Gasteiger partial charge in [-0.2, -0.15) is 0 Å². The third-order valence-electron chi connectivity index (χ3n) is 3.66. The van der Waals surface area contributed by atoms with Crippen LogP contribution in [0.4, 0.5) is 4.39 Å². The van der Waals surface area contributed by atoms with Crippen LogP contribution >= 0.6 is 11.6 Å². The molecule has 2 aromatic rings. The summed E-state index contributed by atoms with van der Waals surface area (Å²) in [5.41, 5.74) is 4.46. The van der Waals surface area contributed by atoms with Gasteiger partial charge in [-0.3, -0.25) is 0 Å². The van der Waals surface area contributed by atoms with Gasteiger partial charge in [-0.25, -0.2) is 4.39 Å². The maximum absolute atomic E-state index is 13.2. The lowest BCUT2D eigenvalue weighted by Gasteiger charge is -2.22. The molecule has 0 spiro atoms. The fraction of sp³-hybridized carbons (Fsp3) is 0.333. The molecule has 0 fully saturated rings. The molecule has 3 heteroatoms. The van der Waals surface area contributed by atoms with Crippen LogP contribution in [0.15, 0.2) is 36.4 Å². The predicted octanol–water partition coefficient (Wildman–Crippen LogP) is 5.18. The summed E-state index contributed by atoms with van der Waals surface area (Å²) in [5, 5.41) is 4.33. The average Bonchev–Trinajstić information content (AvgIpc) is 2.46. The first-order valence-corrected chi connectivity index (χ1v) is 7.66. The maximum atomic E-state index is 13.2. The summed E-state index contributed by atoms with van der Waals surface area (Å²) in [6.45, 7) is 7.11. The second-order valence-corrected chi connectivity index (χ2v) is 5.80. The van der Waals surface area contributed by atoms with Gasteiger partial charge in [0.05, 0.1) is 6.04 Å². The van der Waals surface area contributed by atoms with E-state index in [0.29, 0.717) is 0 Å². The van der Waals surface area contributed by atoms with Gasteiger partial charge in [0, 0.05) is 5.02 Å². The van der Waals surface area contributed by atoms with Crippen LogP contribution in [0.3, 0.4) is 0 Å². The van der Waals surface area contributed by atoms with Crippen molar-refractivity contribution in [2.45, 2.75) is 33.2 Å². The van der Waals surface area contributed by atoms with Gasteiger partial charge in [-0.05, 0) is 67.3 Å². The first-order chi connectivity index (χ1) is 10.0. The van der Waals surface area contributed by atoms with Crippen molar-refractivity contribution in [3.05, 3.63) is 69.5 Å². The number of halogens is 2. The summed E-state index contributed by atoms with van der Waals surface area (Å²) in [7, 11) is 0. The van der Waals surface area contributed by atoms with E-state index in [4.69, 9.17) is 11.6 Å². The summed E-state index contributed by atoms with van der Waals surface area (Å²) in [5.74, 6) is -0.211. The zero-order valence-electron chi connectivity index (χ0n) is 12.7. The van der Waals surface area contributed by atoms with Gasteiger partial charge in [0.25, 0.3) is 0 Å². The molecule has 0 saturated carbocycles. The molecular formula is C18H21ClFN. The molecule has 0 bridgehead atoms. The summed E-state index contributed by atoms with van der Waals surface area (Å²) in [6.07, 6.45) is 1.04. The minimum Gasteiger partial charge on any atom is -0.306 e. The molecule has 112 valence electrons. The zero-order valence-corrected chi connectivity index (χ0v) is 13.5. The zero-order chi connectivity index (χ0) is 15.4. The van der Waals surface area contributed by atoms with Crippen molar-refractivity contribution < 1.29 is 4.39 Å². The Morgan fingerprint density at radius 3 is 2.38 bits per heavy atom. The Kier molecular flexibility index (Phi) is 5.38. The van der Waals surface area contributed by atoms with Crippen molar-refractivity contribution in [1.82, 2.24) is 5.32 Å². The van der Waals surface area contributed by atoms with Crippen molar-refractivity contribution in [3.63, 3.8) is 0 Å². The van der Waals surface area contributed by atoms with E-state index < -0.39 is 0 Å². The topological polar surface area (TPSA) is 12.0 Å². The van der Waals surface area contributed by atoms with Crippen LogP contribution < -0.4 is 5.32 Å². The highest BCUT2D eigenvalue weighted by molar-refractivity contribution is 6.31. The Morgan fingerprint density at radius 1 is 1.10 bits per heavy atom. The number of hydrogen-bond acceptors (Lipinski definition) is 1. The fourth-order valence-corrected chi connectivity index (χ4v) is 2.68. The van der Waals surface area contributed by atoms with Gasteiger partial charge in [0.2, 0.25) is 0 Å². The van der Waals surface area contributed by atoms with Crippen molar-refractivity contribution in [2.75, 3.05) is 6.54 Å². The molecule has 1 N–H and O–H groups in total. The molecule has 1 atom stereocenters. The van der Waals surface area contributed by atoms with E-state index in [2.05, 4.69) is 25.2 Å². The lowest BCUT2D eigenvalue weighted by Crippen LogP contribution is -2.24. The molecule has 2 rings (SSSR count). The van der Waals surface area contributed by atoms with Crippen LogP contribution in [-0.2, 0) is 0 Å². The molecule has 0 heterocycles. The highest BCUT2D eigenvalue weighted by atomic mass is 35.5. The minimum absolute atomic E-state index is 0.0570. The Labute approximate surface area is 131 Å². The predicted molar refractivity (Wildman–Crippen MR) is 87.5 cm³/mol. The van der Waals surface area contributed by atoms with Crippen LogP contribution in [0, 0.1) is 19.7 Å². The Bertz CT molecular complexity index is 607. The van der Waals surface area contributed by atoms with Crippen molar-refractivity contribution in [2.24, 2.45) is 0 Å². The lowest BCUT2D eigenvalue weighted by atomic mass is 9.93. The molecule has 0 saturated heterocycles. The average molecular weight is 306 g/mol. The van der Waals surface area contributed by atoms with Gasteiger partial charge in [-0.15, -0.1) is 0 Å². The third-order valence-corrected chi connectivity index (χ3v) is 4.07. The molecule has 1 unspecified atom stereocenters. The number of aryl methyl sites for hydroxylation is 2. The fourth-order valence-electron chi connectivity index (χ4n) is 2.47. The SMILES string of the molecule is CCCNC(c1ccc(F)cc1)c1cc(C)c(Cl)cc1C. The standard InChI is InChI=1S/C18H21ClFN/c1-4-9-21-18(14-5-7-15(20)8-6-14)16-10-13(3)17(19)11-12(16)2/h5-8,10-11,18,21H,4,9H2,1-3H3. The normalized spacial score (nSPS) is 12.4. The molecule has 0 amide bonds. The number of rotatable bonds is 5. The van der Waals surface area contributed by atoms with E-state index in [0.717, 1.165) is 34.7 Å². The van der Waals surface area contributed by atoms with Crippen LogP contribution in [0.2, 0.25) is 5.02 Å². The Balaban J connectivity index is 2.45. The third kappa shape index (κ3) is 3.84. The number of hydrogen-bond donors (Lipinski definition) is 1. The highest BCUT2D eigenvalue weighted by Gasteiger charge is 2.16. The monoisotopic (exact) mass is 305 g/mol. The van der Waals surface area contributed by atoms with Crippen molar-refractivity contribution in [3.8, 4) is 0 Å². The summed E-state index contributed by atoms with van der Waals surface area (Å²) in [4.78, 5) is 0. The van der Waals surface area contributed by atoms with Crippen LogP contribution in [0.1, 0.15) is 41.6 Å². The molecular weight excluding hydrogens is 285 g/mol. The quantitative estimate of drug-likeness (QED) is 0.802. The number of nitrogens with one attached hydrogen (secondary N) is 1. The minimum atomic E-state index is -0.211. The van der Waals surface area contributed by atoms with E-state index in [1.165, 1.54) is 17.7 Å². The largest absolute Gasteiger partial charge is 0.306 e. The second kappa shape index (κ2) is 7.06. The molecule has 21 heavy (non-hydrogen) atoms. The molecule has 0 radical (unpaired) electrons. The van der Waals surface area contributed by atoms with E-state index in [1.807, 2.05) is 25.1 Å². The van der Waals surface area contributed by atoms with Gasteiger partial charge >= 0.3 is 0 Å². The van der Waals surface area contributed by atoms with Crippen LogP contribution in [0.25, 0.3) is 0 Å². The van der Waals surface area contributed by atoms with Crippen LogP contribution in [-0.4, -0.2) is 6.54 Å². The van der Waals surface area contributed by atoms with Crippen LogP contribution in [0.5, 0.6) is 0 Å². The van der Waals surface area contributed by atoms with E-state index in [-0.39, 0.29) is 11.9 Å². The van der Waals surface area contributed by atoms with Gasteiger partial charge in [0.1, 0.15) is 5.82 Å². The number of benzene rings is 2. The van der Waals surface area contributed by atoms with Gasteiger partial charge in [-0.1, -0.05) is 36.7 Å². The molecule has 0 aromatic heterocycles. The highest BCUT2D eigenvalue weighted by Crippen LogP contribution is 2.29. The molecule has 2 aromatic carbocycles.